The van der Waals surface area contributed by atoms with Crippen LogP contribution in [0.5, 0.6) is 0 Å². The Morgan fingerprint density at radius 3 is 2.87 bits per heavy atom. The van der Waals surface area contributed by atoms with E-state index in [0.717, 1.165) is 42.8 Å². The Kier molecular flexibility index (Phi) is 3.82. The van der Waals surface area contributed by atoms with Crippen LogP contribution in [0, 0.1) is 34.5 Å². The summed E-state index contributed by atoms with van der Waals surface area (Å²) in [5, 5.41) is 0. The Morgan fingerprint density at radius 2 is 2.04 bits per heavy atom. The zero-order valence-corrected chi connectivity index (χ0v) is 14.9. The minimum absolute atomic E-state index is 0.444. The molecule has 0 bridgehead atoms. The van der Waals surface area contributed by atoms with E-state index in [2.05, 4.69) is 32.1 Å². The summed E-state index contributed by atoms with van der Waals surface area (Å²) in [5.41, 5.74) is 2.57. The Morgan fingerprint density at radius 1 is 1.17 bits per heavy atom. The van der Waals surface area contributed by atoms with Gasteiger partial charge in [0, 0.05) is 6.42 Å². The van der Waals surface area contributed by atoms with Crippen molar-refractivity contribution in [3.8, 4) is 0 Å². The van der Waals surface area contributed by atoms with Crippen LogP contribution in [0.3, 0.4) is 0 Å². The summed E-state index contributed by atoms with van der Waals surface area (Å²) in [6, 6.07) is 0. The molecule has 0 aromatic rings. The Balaban J connectivity index is 1.63. The highest BCUT2D eigenvalue weighted by atomic mass is 16.1. The van der Waals surface area contributed by atoms with E-state index in [1.807, 2.05) is 0 Å². The highest BCUT2D eigenvalue weighted by Gasteiger charge is 2.57. The van der Waals surface area contributed by atoms with Crippen molar-refractivity contribution in [1.29, 1.82) is 0 Å². The van der Waals surface area contributed by atoms with Crippen LogP contribution in [0.1, 0.15) is 71.6 Å². The van der Waals surface area contributed by atoms with Crippen molar-refractivity contribution in [3.63, 3.8) is 0 Å². The first kappa shape index (κ1) is 15.7. The number of fused-ring (bicyclic) bond motifs is 5. The molecule has 23 heavy (non-hydrogen) atoms. The molecule has 0 spiro atoms. The van der Waals surface area contributed by atoms with E-state index in [1.54, 1.807) is 5.57 Å². The standard InChI is InChI=1S/C22H32O/c1-21-13-4-3-6-16(21)8-10-18-19-11-9-17(7-5-15-23)22(19,2)14-12-20(18)21/h6,8,10,15,17-20H,3-5,7,9,11-14H2,1-2H3/t17-,18+,19+,20+,21+,22-/m1/s1. The van der Waals surface area contributed by atoms with Crippen LogP contribution in [-0.2, 0) is 4.79 Å². The highest BCUT2D eigenvalue weighted by molar-refractivity contribution is 5.49. The van der Waals surface area contributed by atoms with E-state index in [-0.39, 0.29) is 0 Å². The molecule has 0 aliphatic heterocycles. The van der Waals surface area contributed by atoms with Gasteiger partial charge in [-0.1, -0.05) is 32.1 Å². The number of carbonyl (C=O) groups excluding carboxylic acids is 1. The van der Waals surface area contributed by atoms with Crippen molar-refractivity contribution in [2.75, 3.05) is 0 Å². The molecule has 0 aromatic heterocycles. The van der Waals surface area contributed by atoms with E-state index < -0.39 is 0 Å². The predicted octanol–water partition coefficient (Wildman–Crippen LogP) is 5.71. The summed E-state index contributed by atoms with van der Waals surface area (Å²) >= 11 is 0. The van der Waals surface area contributed by atoms with Crippen LogP contribution in [0.25, 0.3) is 0 Å². The fourth-order valence-electron chi connectivity index (χ4n) is 7.04. The molecular weight excluding hydrogens is 280 g/mol. The molecule has 0 aromatic carbocycles. The third kappa shape index (κ3) is 2.22. The first-order chi connectivity index (χ1) is 11.1. The molecule has 0 saturated heterocycles. The average molecular weight is 312 g/mol. The zero-order valence-electron chi connectivity index (χ0n) is 14.9. The van der Waals surface area contributed by atoms with Gasteiger partial charge in [-0.25, -0.2) is 0 Å². The molecule has 1 heteroatoms. The molecule has 2 fully saturated rings. The fraction of sp³-hybridized carbons (Fsp3) is 0.773. The van der Waals surface area contributed by atoms with E-state index in [1.165, 1.54) is 44.9 Å². The van der Waals surface area contributed by atoms with Gasteiger partial charge in [0.05, 0.1) is 0 Å². The molecule has 0 amide bonds. The molecule has 2 saturated carbocycles. The quantitative estimate of drug-likeness (QED) is 0.610. The predicted molar refractivity (Wildman–Crippen MR) is 95.0 cm³/mol. The Hall–Kier alpha value is -0.850. The lowest BCUT2D eigenvalue weighted by molar-refractivity contribution is -0.108. The van der Waals surface area contributed by atoms with Crippen LogP contribution in [0.15, 0.2) is 23.8 Å². The van der Waals surface area contributed by atoms with Crippen molar-refractivity contribution >= 4 is 6.29 Å². The van der Waals surface area contributed by atoms with Crippen molar-refractivity contribution < 1.29 is 4.79 Å². The van der Waals surface area contributed by atoms with E-state index in [0.29, 0.717) is 10.8 Å². The van der Waals surface area contributed by atoms with Gasteiger partial charge in [0.15, 0.2) is 0 Å². The zero-order chi connectivity index (χ0) is 16.1. The third-order valence-corrected chi connectivity index (χ3v) is 8.40. The summed E-state index contributed by atoms with van der Waals surface area (Å²) in [7, 11) is 0. The minimum atomic E-state index is 0.444. The van der Waals surface area contributed by atoms with Crippen LogP contribution in [-0.4, -0.2) is 6.29 Å². The van der Waals surface area contributed by atoms with Gasteiger partial charge in [-0.3, -0.25) is 0 Å². The van der Waals surface area contributed by atoms with E-state index >= 15 is 0 Å². The number of hydrogen-bond acceptors (Lipinski definition) is 1. The maximum Gasteiger partial charge on any atom is 0.120 e. The van der Waals surface area contributed by atoms with Gasteiger partial charge in [0.2, 0.25) is 0 Å². The Bertz CT molecular complexity index is 544. The molecule has 6 atom stereocenters. The van der Waals surface area contributed by atoms with Crippen LogP contribution in [0.2, 0.25) is 0 Å². The van der Waals surface area contributed by atoms with Crippen LogP contribution in [0.4, 0.5) is 0 Å². The first-order valence-corrected chi connectivity index (χ1v) is 9.92. The van der Waals surface area contributed by atoms with Crippen LogP contribution >= 0.6 is 0 Å². The molecule has 126 valence electrons. The first-order valence-electron chi connectivity index (χ1n) is 9.92. The molecule has 0 unspecified atom stereocenters. The monoisotopic (exact) mass is 312 g/mol. The van der Waals surface area contributed by atoms with Gasteiger partial charge in [0.25, 0.3) is 0 Å². The number of hydrogen-bond donors (Lipinski definition) is 0. The lowest BCUT2D eigenvalue weighted by Gasteiger charge is -2.56. The minimum Gasteiger partial charge on any atom is -0.303 e. The topological polar surface area (TPSA) is 17.1 Å². The maximum absolute atomic E-state index is 10.8. The fourth-order valence-corrected chi connectivity index (χ4v) is 7.04. The third-order valence-electron chi connectivity index (χ3n) is 8.40. The van der Waals surface area contributed by atoms with E-state index in [9.17, 15) is 4.79 Å². The molecule has 1 nitrogen and oxygen atoms in total. The highest BCUT2D eigenvalue weighted by Crippen LogP contribution is 2.65. The van der Waals surface area contributed by atoms with Gasteiger partial charge in [-0.15, -0.1) is 0 Å². The van der Waals surface area contributed by atoms with Gasteiger partial charge in [-0.2, -0.15) is 0 Å². The normalized spacial score (nSPS) is 48.2. The molecule has 0 N–H and O–H groups in total. The molecule has 0 radical (unpaired) electrons. The largest absolute Gasteiger partial charge is 0.303 e. The van der Waals surface area contributed by atoms with Crippen molar-refractivity contribution in [2.24, 2.45) is 34.5 Å². The summed E-state index contributed by atoms with van der Waals surface area (Å²) in [4.78, 5) is 10.8. The lowest BCUT2D eigenvalue weighted by Crippen LogP contribution is -2.48. The maximum atomic E-state index is 10.8. The summed E-state index contributed by atoms with van der Waals surface area (Å²) in [5.74, 6) is 3.29. The SMILES string of the molecule is C[C@]12CC[C@H]3[C@@H](C=CC4=CCCC[C@@]43C)[C@@H]1CC[C@H]2CCC=O. The molecule has 4 aliphatic rings. The van der Waals surface area contributed by atoms with Gasteiger partial charge in [-0.05, 0) is 91.4 Å². The van der Waals surface area contributed by atoms with Crippen molar-refractivity contribution in [1.82, 2.24) is 0 Å². The number of rotatable bonds is 3. The number of allylic oxidation sites excluding steroid dienone is 4. The summed E-state index contributed by atoms with van der Waals surface area (Å²) in [6.45, 7) is 5.11. The lowest BCUT2D eigenvalue weighted by atomic mass is 9.48. The molecule has 4 aliphatic carbocycles. The molecule has 4 rings (SSSR count). The molecule has 0 heterocycles. The smallest absolute Gasteiger partial charge is 0.120 e. The Labute approximate surface area is 141 Å². The number of aldehydes is 1. The van der Waals surface area contributed by atoms with Gasteiger partial charge < -0.3 is 4.79 Å². The summed E-state index contributed by atoms with van der Waals surface area (Å²) in [6.07, 6.45) is 20.2. The second-order valence-electron chi connectivity index (χ2n) is 9.18. The molecular formula is C22H32O. The second kappa shape index (κ2) is 5.60. The summed E-state index contributed by atoms with van der Waals surface area (Å²) < 4.78 is 0. The van der Waals surface area contributed by atoms with E-state index in [4.69, 9.17) is 0 Å². The van der Waals surface area contributed by atoms with Crippen molar-refractivity contribution in [3.05, 3.63) is 23.8 Å². The van der Waals surface area contributed by atoms with Gasteiger partial charge in [0.1, 0.15) is 6.29 Å². The number of carbonyl (C=O) groups is 1. The van der Waals surface area contributed by atoms with Gasteiger partial charge >= 0.3 is 0 Å². The van der Waals surface area contributed by atoms with Crippen LogP contribution < -0.4 is 0 Å². The second-order valence-corrected chi connectivity index (χ2v) is 9.18. The average Bonchev–Trinajstić information content (AvgIpc) is 2.89. The van der Waals surface area contributed by atoms with Crippen molar-refractivity contribution in [2.45, 2.75) is 71.6 Å².